The summed E-state index contributed by atoms with van der Waals surface area (Å²) < 4.78 is 7.18. The molecule has 5 rings (SSSR count). The zero-order chi connectivity index (χ0) is 22.2. The van der Waals surface area contributed by atoms with E-state index in [0.717, 1.165) is 34.5 Å². The number of hydrogen-bond acceptors (Lipinski definition) is 5. The number of aliphatic hydroxyl groups excluding tert-OH is 1. The number of carbonyl (C=O) groups excluding carboxylic acids is 1. The first-order valence-corrected chi connectivity index (χ1v) is 11.1. The van der Waals surface area contributed by atoms with Gasteiger partial charge in [-0.3, -0.25) is 9.79 Å². The maximum atomic E-state index is 13.5. The highest BCUT2D eigenvalue weighted by atomic mass is 16.5. The first kappa shape index (κ1) is 20.8. The van der Waals surface area contributed by atoms with Crippen LogP contribution in [0.5, 0.6) is 0 Å². The molecule has 2 aliphatic rings. The van der Waals surface area contributed by atoms with Gasteiger partial charge in [-0.05, 0) is 73.2 Å². The zero-order valence-corrected chi connectivity index (χ0v) is 18.4. The maximum absolute atomic E-state index is 13.5. The minimum atomic E-state index is -0.634. The summed E-state index contributed by atoms with van der Waals surface area (Å²) in [5.41, 5.74) is 6.96. The number of ketones is 1. The molecule has 3 atom stereocenters. The van der Waals surface area contributed by atoms with E-state index in [4.69, 9.17) is 4.74 Å². The van der Waals surface area contributed by atoms with Gasteiger partial charge in [0.05, 0.1) is 30.0 Å². The molecule has 0 aliphatic carbocycles. The predicted molar refractivity (Wildman–Crippen MR) is 123 cm³/mol. The molecule has 0 bridgehead atoms. The summed E-state index contributed by atoms with van der Waals surface area (Å²) in [7, 11) is 0. The van der Waals surface area contributed by atoms with E-state index < -0.39 is 12.0 Å². The van der Waals surface area contributed by atoms with Gasteiger partial charge in [0.2, 0.25) is 0 Å². The minimum absolute atomic E-state index is 0.0549. The monoisotopic (exact) mass is 429 g/mol. The molecular formula is C26H27N3O3. The highest BCUT2D eigenvalue weighted by Crippen LogP contribution is 2.38. The third kappa shape index (κ3) is 3.70. The van der Waals surface area contributed by atoms with E-state index >= 15 is 0 Å². The lowest BCUT2D eigenvalue weighted by Gasteiger charge is -2.33. The number of carbonyl (C=O) groups is 1. The first-order chi connectivity index (χ1) is 15.5. The number of aliphatic hydroxyl groups is 1. The van der Waals surface area contributed by atoms with Crippen molar-refractivity contribution in [2.24, 2.45) is 16.8 Å². The average molecular weight is 430 g/mol. The van der Waals surface area contributed by atoms with Crippen LogP contribution >= 0.6 is 0 Å². The number of nitrogens with zero attached hydrogens (tertiary/aromatic N) is 3. The molecule has 2 aromatic carbocycles. The number of aromatic nitrogens is 2. The second kappa shape index (κ2) is 8.45. The van der Waals surface area contributed by atoms with Gasteiger partial charge in [-0.2, -0.15) is 5.10 Å². The standard InChI is InChI=1S/C26H27N3O3/c1-16-17(2)25-22(26(31)23(14-27-25)21-8-11-32-15-24(21)30)13-19(16)12-18-4-6-20(7-5-18)29-10-3-9-28-29/h3-7,9-10,13-14,21,23-24,30H,8,11-12,15H2,1-2H3/t21-,23?,24+/m1/s1. The molecule has 0 saturated carbocycles. The fourth-order valence-electron chi connectivity index (χ4n) is 4.78. The normalized spacial score (nSPS) is 22.7. The molecule has 1 unspecified atom stereocenters. The molecule has 1 aromatic heterocycles. The quantitative estimate of drug-likeness (QED) is 0.680. The number of Topliss-reactive ketones (excluding diaryl/α,β-unsaturated/α-hetero) is 1. The number of rotatable bonds is 4. The number of ether oxygens (including phenoxy) is 1. The van der Waals surface area contributed by atoms with E-state index in [0.29, 0.717) is 18.6 Å². The van der Waals surface area contributed by atoms with E-state index in [1.807, 2.05) is 29.9 Å². The van der Waals surface area contributed by atoms with Crippen molar-refractivity contribution in [2.45, 2.75) is 32.8 Å². The highest BCUT2D eigenvalue weighted by Gasteiger charge is 2.38. The lowest BCUT2D eigenvalue weighted by atomic mass is 9.77. The summed E-state index contributed by atoms with van der Waals surface area (Å²) in [5.74, 6) is -0.489. The zero-order valence-electron chi connectivity index (χ0n) is 18.4. The summed E-state index contributed by atoms with van der Waals surface area (Å²) in [5, 5.41) is 14.7. The van der Waals surface area contributed by atoms with Crippen molar-refractivity contribution in [3.63, 3.8) is 0 Å². The van der Waals surface area contributed by atoms with Gasteiger partial charge in [-0.25, -0.2) is 4.68 Å². The van der Waals surface area contributed by atoms with Gasteiger partial charge < -0.3 is 9.84 Å². The Morgan fingerprint density at radius 3 is 2.72 bits per heavy atom. The Hall–Kier alpha value is -3.09. The number of fused-ring (bicyclic) bond motifs is 1. The van der Waals surface area contributed by atoms with Gasteiger partial charge in [0.1, 0.15) is 0 Å². The Balaban J connectivity index is 1.44. The van der Waals surface area contributed by atoms with Gasteiger partial charge in [0, 0.05) is 36.7 Å². The smallest absolute Gasteiger partial charge is 0.173 e. The van der Waals surface area contributed by atoms with Crippen molar-refractivity contribution in [1.29, 1.82) is 0 Å². The molecule has 1 N–H and O–H groups in total. The summed E-state index contributed by atoms with van der Waals surface area (Å²) in [6, 6.07) is 12.2. The van der Waals surface area contributed by atoms with Crippen LogP contribution in [0.1, 0.15) is 39.0 Å². The molecule has 3 aromatic rings. The second-order valence-corrected chi connectivity index (χ2v) is 8.74. The van der Waals surface area contributed by atoms with E-state index in [9.17, 15) is 9.90 Å². The fourth-order valence-corrected chi connectivity index (χ4v) is 4.78. The second-order valence-electron chi connectivity index (χ2n) is 8.74. The average Bonchev–Trinajstić information content (AvgIpc) is 3.34. The van der Waals surface area contributed by atoms with Gasteiger partial charge in [0.25, 0.3) is 0 Å². The van der Waals surface area contributed by atoms with Crippen LogP contribution in [-0.4, -0.2) is 46.2 Å². The van der Waals surface area contributed by atoms with Crippen LogP contribution in [0.25, 0.3) is 5.69 Å². The summed E-state index contributed by atoms with van der Waals surface area (Å²) >= 11 is 0. The Kier molecular flexibility index (Phi) is 5.49. The lowest BCUT2D eigenvalue weighted by molar-refractivity contribution is -0.0501. The predicted octanol–water partition coefficient (Wildman–Crippen LogP) is 3.99. The Morgan fingerprint density at radius 1 is 1.19 bits per heavy atom. The number of benzene rings is 2. The Bertz CT molecular complexity index is 1170. The molecule has 6 nitrogen and oxygen atoms in total. The first-order valence-electron chi connectivity index (χ1n) is 11.1. The van der Waals surface area contributed by atoms with Crippen molar-refractivity contribution in [2.75, 3.05) is 13.2 Å². The summed E-state index contributed by atoms with van der Waals surface area (Å²) in [6.45, 7) is 4.98. The molecule has 0 spiro atoms. The van der Waals surface area contributed by atoms with Crippen LogP contribution in [0.15, 0.2) is 53.8 Å². The van der Waals surface area contributed by atoms with E-state index in [1.54, 1.807) is 12.4 Å². The van der Waals surface area contributed by atoms with Gasteiger partial charge in [-0.15, -0.1) is 0 Å². The van der Waals surface area contributed by atoms with Crippen molar-refractivity contribution in [3.8, 4) is 5.69 Å². The van der Waals surface area contributed by atoms with Gasteiger partial charge in [-0.1, -0.05) is 12.1 Å². The minimum Gasteiger partial charge on any atom is -0.390 e. The molecule has 1 fully saturated rings. The molecule has 2 aliphatic heterocycles. The Morgan fingerprint density at radius 2 is 2.00 bits per heavy atom. The summed E-state index contributed by atoms with van der Waals surface area (Å²) in [6.07, 6.45) is 6.19. The van der Waals surface area contributed by atoms with Crippen LogP contribution in [0.3, 0.4) is 0 Å². The van der Waals surface area contributed by atoms with Crippen LogP contribution in [0.4, 0.5) is 5.69 Å². The largest absolute Gasteiger partial charge is 0.390 e. The van der Waals surface area contributed by atoms with Crippen LogP contribution in [0.2, 0.25) is 0 Å². The third-order valence-electron chi connectivity index (χ3n) is 6.84. The molecule has 6 heteroatoms. The topological polar surface area (TPSA) is 76.7 Å². The molecule has 164 valence electrons. The van der Waals surface area contributed by atoms with Crippen LogP contribution in [-0.2, 0) is 11.2 Å². The third-order valence-corrected chi connectivity index (χ3v) is 6.84. The van der Waals surface area contributed by atoms with Crippen molar-refractivity contribution in [3.05, 3.63) is 76.6 Å². The molecule has 3 heterocycles. The molecule has 0 amide bonds. The Labute approximate surface area is 187 Å². The number of hydrogen-bond donors (Lipinski definition) is 1. The van der Waals surface area contributed by atoms with E-state index in [-0.39, 0.29) is 18.3 Å². The van der Waals surface area contributed by atoms with E-state index in [1.165, 1.54) is 5.56 Å². The molecule has 32 heavy (non-hydrogen) atoms. The van der Waals surface area contributed by atoms with Gasteiger partial charge >= 0.3 is 0 Å². The number of aliphatic imine (C=N–C) groups is 1. The summed E-state index contributed by atoms with van der Waals surface area (Å²) in [4.78, 5) is 18.1. The van der Waals surface area contributed by atoms with Crippen LogP contribution in [0, 0.1) is 25.7 Å². The van der Waals surface area contributed by atoms with E-state index in [2.05, 4.69) is 41.3 Å². The maximum Gasteiger partial charge on any atom is 0.173 e. The highest BCUT2D eigenvalue weighted by molar-refractivity contribution is 6.13. The molecule has 1 saturated heterocycles. The SMILES string of the molecule is Cc1c(Cc2ccc(-n3cccn3)cc2)cc2c(c1C)N=CC([C@H]1CCOC[C@@H]1O)C2=O. The van der Waals surface area contributed by atoms with Crippen molar-refractivity contribution >= 4 is 17.7 Å². The van der Waals surface area contributed by atoms with Crippen molar-refractivity contribution in [1.82, 2.24) is 9.78 Å². The van der Waals surface area contributed by atoms with Crippen LogP contribution < -0.4 is 0 Å². The molecular weight excluding hydrogens is 402 g/mol. The molecule has 0 radical (unpaired) electrons. The van der Waals surface area contributed by atoms with Crippen molar-refractivity contribution < 1.29 is 14.6 Å². The lowest BCUT2D eigenvalue weighted by Crippen LogP contribution is -2.41. The fraction of sp³-hybridized carbons (Fsp3) is 0.346. The van der Waals surface area contributed by atoms with Gasteiger partial charge in [0.15, 0.2) is 5.78 Å².